The average Bonchev–Trinajstić information content (AvgIpc) is 3.08. The van der Waals surface area contributed by atoms with E-state index in [4.69, 9.17) is 0 Å². The number of aliphatic imine (C=N–C) groups is 2. The summed E-state index contributed by atoms with van der Waals surface area (Å²) in [5.74, 6) is 6.75. The molecule has 2 rings (SSSR count). The van der Waals surface area contributed by atoms with Crippen molar-refractivity contribution in [3.8, 4) is 17.9 Å². The lowest BCUT2D eigenvalue weighted by Gasteiger charge is -2.38. The van der Waals surface area contributed by atoms with Gasteiger partial charge in [-0.15, -0.1) is 0 Å². The molecule has 2 saturated heterocycles. The zero-order valence-corrected chi connectivity index (χ0v) is 17.6. The van der Waals surface area contributed by atoms with Crippen LogP contribution in [0.4, 0.5) is 0 Å². The third-order valence-corrected chi connectivity index (χ3v) is 4.96. The highest BCUT2D eigenvalue weighted by molar-refractivity contribution is 9.09. The second-order valence-electron chi connectivity index (χ2n) is 6.49. The lowest BCUT2D eigenvalue weighted by atomic mass is 10.1. The number of alkyl halides is 1. The molecule has 0 spiro atoms. The van der Waals surface area contributed by atoms with Gasteiger partial charge in [0.25, 0.3) is 0 Å². The van der Waals surface area contributed by atoms with E-state index in [-0.39, 0.29) is 0 Å². The highest BCUT2D eigenvalue weighted by atomic mass is 79.9. The fraction of sp³-hybridized carbons (Fsp3) is 0.476. The largest absolute Gasteiger partial charge is 0.372 e. The minimum atomic E-state index is 0.332. The van der Waals surface area contributed by atoms with Crippen LogP contribution < -0.4 is 0 Å². The maximum atomic E-state index is 9.24. The minimum absolute atomic E-state index is 0.332. The molecule has 2 heterocycles. The van der Waals surface area contributed by atoms with Crippen molar-refractivity contribution in [1.29, 1.82) is 5.26 Å². The van der Waals surface area contributed by atoms with Gasteiger partial charge in [0, 0.05) is 56.7 Å². The molecule has 0 aromatic heterocycles. The Balaban J connectivity index is 1.96. The Morgan fingerprint density at radius 1 is 1.30 bits per heavy atom. The predicted molar refractivity (Wildman–Crippen MR) is 116 cm³/mol. The first-order valence-corrected chi connectivity index (χ1v) is 10.3. The van der Waals surface area contributed by atoms with Crippen LogP contribution >= 0.6 is 15.9 Å². The molecule has 6 heteroatoms. The smallest absolute Gasteiger partial charge is 0.156 e. The van der Waals surface area contributed by atoms with E-state index < -0.39 is 0 Å². The Labute approximate surface area is 171 Å². The van der Waals surface area contributed by atoms with E-state index in [1.807, 2.05) is 19.2 Å². The number of piperazine rings is 1. The molecule has 27 heavy (non-hydrogen) atoms. The van der Waals surface area contributed by atoms with Crippen LogP contribution in [0.1, 0.15) is 19.8 Å². The van der Waals surface area contributed by atoms with Crippen LogP contribution in [0, 0.1) is 23.2 Å². The highest BCUT2D eigenvalue weighted by Crippen LogP contribution is 2.27. The highest BCUT2D eigenvalue weighted by Gasteiger charge is 2.35. The van der Waals surface area contributed by atoms with Gasteiger partial charge in [0.05, 0.1) is 6.04 Å². The number of hydrogen-bond acceptors (Lipinski definition) is 5. The van der Waals surface area contributed by atoms with Gasteiger partial charge in [-0.05, 0) is 25.3 Å². The Bertz CT molecular complexity index is 745. The van der Waals surface area contributed by atoms with Crippen molar-refractivity contribution in [1.82, 2.24) is 9.80 Å². The van der Waals surface area contributed by atoms with Crippen LogP contribution in [0.3, 0.4) is 0 Å². The van der Waals surface area contributed by atoms with E-state index in [9.17, 15) is 5.26 Å². The van der Waals surface area contributed by atoms with Gasteiger partial charge in [0.2, 0.25) is 0 Å². The quantitative estimate of drug-likeness (QED) is 0.222. The van der Waals surface area contributed by atoms with Crippen LogP contribution in [-0.4, -0.2) is 66.3 Å². The van der Waals surface area contributed by atoms with Crippen molar-refractivity contribution in [2.24, 2.45) is 9.98 Å². The predicted octanol–water partition coefficient (Wildman–Crippen LogP) is 3.17. The maximum absolute atomic E-state index is 9.24. The van der Waals surface area contributed by atoms with Gasteiger partial charge >= 0.3 is 0 Å². The number of nitriles is 1. The first-order valence-electron chi connectivity index (χ1n) is 9.15. The fourth-order valence-electron chi connectivity index (χ4n) is 3.30. The molecule has 0 aromatic rings. The van der Waals surface area contributed by atoms with Crippen LogP contribution in [0.5, 0.6) is 0 Å². The normalized spacial score (nSPS) is 24.4. The molecule has 142 valence electrons. The molecule has 0 aromatic carbocycles. The monoisotopic (exact) mass is 427 g/mol. The summed E-state index contributed by atoms with van der Waals surface area (Å²) in [7, 11) is 1.68. The lowest BCUT2D eigenvalue weighted by Crippen LogP contribution is -2.50. The second kappa shape index (κ2) is 11.5. The minimum Gasteiger partial charge on any atom is -0.372 e. The van der Waals surface area contributed by atoms with Crippen LogP contribution in [0.25, 0.3) is 0 Å². The van der Waals surface area contributed by atoms with Gasteiger partial charge < -0.3 is 4.90 Å². The molecule has 0 aliphatic carbocycles. The summed E-state index contributed by atoms with van der Waals surface area (Å²) in [5.41, 5.74) is 1.50. The summed E-state index contributed by atoms with van der Waals surface area (Å²) in [6.07, 6.45) is 13.4. The first-order chi connectivity index (χ1) is 13.2. The van der Waals surface area contributed by atoms with Crippen LogP contribution in [-0.2, 0) is 0 Å². The summed E-state index contributed by atoms with van der Waals surface area (Å²) in [5, 5.41) is 10.1. The number of fused-ring (bicyclic) bond motifs is 1. The summed E-state index contributed by atoms with van der Waals surface area (Å²) >= 11 is 3.37. The van der Waals surface area contributed by atoms with Crippen molar-refractivity contribution >= 4 is 28.4 Å². The van der Waals surface area contributed by atoms with Gasteiger partial charge in [0.15, 0.2) is 5.70 Å². The summed E-state index contributed by atoms with van der Waals surface area (Å²) in [4.78, 5) is 12.7. The zero-order valence-electron chi connectivity index (χ0n) is 16.0. The molecule has 0 N–H and O–H groups in total. The molecule has 0 radical (unpaired) electrons. The maximum Gasteiger partial charge on any atom is 0.156 e. The van der Waals surface area contributed by atoms with Gasteiger partial charge in [-0.3, -0.25) is 9.89 Å². The summed E-state index contributed by atoms with van der Waals surface area (Å²) in [6, 6.07) is 2.97. The van der Waals surface area contributed by atoms with E-state index >= 15 is 0 Å². The molecule has 2 atom stereocenters. The van der Waals surface area contributed by atoms with E-state index in [1.165, 1.54) is 0 Å². The third-order valence-electron chi connectivity index (χ3n) is 4.59. The Kier molecular flexibility index (Phi) is 9.04. The number of halogens is 1. The van der Waals surface area contributed by atoms with Crippen molar-refractivity contribution in [2.45, 2.75) is 31.8 Å². The summed E-state index contributed by atoms with van der Waals surface area (Å²) in [6.45, 7) is 4.82. The first kappa shape index (κ1) is 21.2. The fourth-order valence-corrected chi connectivity index (χ4v) is 3.51. The van der Waals surface area contributed by atoms with Crippen LogP contribution in [0.2, 0.25) is 0 Å². The van der Waals surface area contributed by atoms with Gasteiger partial charge in [-0.25, -0.2) is 4.99 Å². The van der Waals surface area contributed by atoms with E-state index in [2.05, 4.69) is 65.8 Å². The molecule has 5 nitrogen and oxygen atoms in total. The lowest BCUT2D eigenvalue weighted by molar-refractivity contribution is 0.121. The van der Waals surface area contributed by atoms with Gasteiger partial charge in [0.1, 0.15) is 6.07 Å². The molecule has 0 saturated carbocycles. The third kappa shape index (κ3) is 6.82. The van der Waals surface area contributed by atoms with E-state index in [0.29, 0.717) is 17.8 Å². The zero-order chi connectivity index (χ0) is 19.5. The molecular weight excluding hydrogens is 402 g/mol. The average molecular weight is 428 g/mol. The Morgan fingerprint density at radius 2 is 2.15 bits per heavy atom. The van der Waals surface area contributed by atoms with E-state index in [1.54, 1.807) is 19.5 Å². The van der Waals surface area contributed by atoms with Crippen molar-refractivity contribution in [2.75, 3.05) is 32.0 Å². The SMILES string of the molecule is CN=CC=N/C(C#N)=C/N1CCN2C(C#C/C(C)=C/C=C\CBr)CCC2C1. The molecule has 0 amide bonds. The number of hydrogen-bond donors (Lipinski definition) is 0. The Hall–Kier alpha value is -2.15. The molecule has 0 bridgehead atoms. The topological polar surface area (TPSA) is 55.0 Å². The van der Waals surface area contributed by atoms with E-state index in [0.717, 1.165) is 43.4 Å². The second-order valence-corrected chi connectivity index (χ2v) is 7.14. The van der Waals surface area contributed by atoms with Gasteiger partial charge in [-0.2, -0.15) is 5.26 Å². The van der Waals surface area contributed by atoms with Crippen LogP contribution in [0.15, 0.2) is 45.7 Å². The number of nitrogens with zero attached hydrogens (tertiary/aromatic N) is 5. The standard InChI is InChI=1S/C21H26BrN5/c1-18(5-3-4-10-22)6-7-20-8-9-21-17-26(13-14-27(20)21)16-19(15-23)25-12-11-24-2/h3-5,11-12,16,20-21H,8-10,13-14,17H2,1-2H3/b4-3-,18-5+,19-16+,24-11?,25-12?. The molecule has 2 aliphatic rings. The van der Waals surface area contributed by atoms with Crippen molar-refractivity contribution in [3.05, 3.63) is 35.7 Å². The molecule has 2 fully saturated rings. The van der Waals surface area contributed by atoms with Crippen molar-refractivity contribution < 1.29 is 0 Å². The molecule has 2 aliphatic heterocycles. The summed E-state index contributed by atoms with van der Waals surface area (Å²) < 4.78 is 0. The molecule has 2 unspecified atom stereocenters. The number of rotatable bonds is 5. The van der Waals surface area contributed by atoms with Gasteiger partial charge in [-0.1, -0.05) is 46.0 Å². The Morgan fingerprint density at radius 3 is 2.89 bits per heavy atom. The van der Waals surface area contributed by atoms with Crippen molar-refractivity contribution in [3.63, 3.8) is 0 Å². The number of allylic oxidation sites excluding steroid dienone is 5. The molecular formula is C21H26BrN5.